The summed E-state index contributed by atoms with van der Waals surface area (Å²) in [4.78, 5) is 11.1. The Morgan fingerprint density at radius 3 is 2.70 bits per heavy atom. The SMILES string of the molecule is COc1cc(Cl)nc(NS(=O)(=O)c2cccnc2Cl)n1. The number of rotatable bonds is 4. The van der Waals surface area contributed by atoms with Gasteiger partial charge in [0, 0.05) is 12.3 Å². The fraction of sp³-hybridized carbons (Fsp3) is 0.100. The Kier molecular flexibility index (Phi) is 4.26. The zero-order chi connectivity index (χ0) is 14.8. The molecule has 0 saturated carbocycles. The summed E-state index contributed by atoms with van der Waals surface area (Å²) in [7, 11) is -2.60. The number of aromatic nitrogens is 3. The molecular weight excluding hydrogens is 327 g/mol. The zero-order valence-corrected chi connectivity index (χ0v) is 12.4. The van der Waals surface area contributed by atoms with Crippen molar-refractivity contribution in [2.24, 2.45) is 0 Å². The lowest BCUT2D eigenvalue weighted by Gasteiger charge is -2.08. The predicted molar refractivity (Wildman–Crippen MR) is 73.6 cm³/mol. The van der Waals surface area contributed by atoms with Crippen LogP contribution in [0.4, 0.5) is 5.95 Å². The number of hydrogen-bond donors (Lipinski definition) is 1. The van der Waals surface area contributed by atoms with Gasteiger partial charge >= 0.3 is 0 Å². The van der Waals surface area contributed by atoms with Crippen molar-refractivity contribution in [3.8, 4) is 5.88 Å². The highest BCUT2D eigenvalue weighted by Crippen LogP contribution is 2.22. The van der Waals surface area contributed by atoms with Gasteiger partial charge in [0.25, 0.3) is 10.0 Å². The van der Waals surface area contributed by atoms with Crippen LogP contribution in [0.15, 0.2) is 29.3 Å². The van der Waals surface area contributed by atoms with Crippen LogP contribution in [0.25, 0.3) is 0 Å². The van der Waals surface area contributed by atoms with Gasteiger partial charge in [0.05, 0.1) is 7.11 Å². The standard InChI is InChI=1S/C10H8Cl2N4O3S/c1-19-8-5-7(11)14-10(15-8)16-20(17,18)6-3-2-4-13-9(6)12/h2-5H,1H3,(H,14,15,16). The van der Waals surface area contributed by atoms with E-state index < -0.39 is 10.0 Å². The summed E-state index contributed by atoms with van der Waals surface area (Å²) < 4.78 is 31.3. The molecule has 0 fully saturated rings. The lowest BCUT2D eigenvalue weighted by Crippen LogP contribution is -2.16. The quantitative estimate of drug-likeness (QED) is 0.678. The highest BCUT2D eigenvalue weighted by Gasteiger charge is 2.20. The molecule has 10 heteroatoms. The number of anilines is 1. The van der Waals surface area contributed by atoms with Gasteiger partial charge in [-0.05, 0) is 12.1 Å². The Morgan fingerprint density at radius 1 is 1.30 bits per heavy atom. The number of methoxy groups -OCH3 is 1. The second kappa shape index (κ2) is 5.78. The number of ether oxygens (including phenoxy) is 1. The van der Waals surface area contributed by atoms with Gasteiger partial charge < -0.3 is 4.74 Å². The van der Waals surface area contributed by atoms with Crippen LogP contribution in [0, 0.1) is 0 Å². The average molecular weight is 335 g/mol. The summed E-state index contributed by atoms with van der Waals surface area (Å²) in [6.07, 6.45) is 1.38. The summed E-state index contributed by atoms with van der Waals surface area (Å²) in [5, 5.41) is -0.124. The molecule has 2 aromatic heterocycles. The van der Waals surface area contributed by atoms with Gasteiger partial charge in [-0.3, -0.25) is 0 Å². The van der Waals surface area contributed by atoms with Crippen LogP contribution in [-0.2, 0) is 10.0 Å². The summed E-state index contributed by atoms with van der Waals surface area (Å²) in [5.41, 5.74) is 0. The number of sulfonamides is 1. The number of pyridine rings is 1. The van der Waals surface area contributed by atoms with Gasteiger partial charge in [0.15, 0.2) is 0 Å². The lowest BCUT2D eigenvalue weighted by atomic mass is 10.5. The summed E-state index contributed by atoms with van der Waals surface area (Å²) in [5.74, 6) is -0.103. The topological polar surface area (TPSA) is 94.1 Å². The molecule has 0 spiro atoms. The Balaban J connectivity index is 2.38. The smallest absolute Gasteiger partial charge is 0.267 e. The normalized spacial score (nSPS) is 11.2. The lowest BCUT2D eigenvalue weighted by molar-refractivity contribution is 0.397. The van der Waals surface area contributed by atoms with Crippen molar-refractivity contribution in [1.29, 1.82) is 0 Å². The molecule has 20 heavy (non-hydrogen) atoms. The van der Waals surface area contributed by atoms with Gasteiger partial charge in [0.1, 0.15) is 15.2 Å². The van der Waals surface area contributed by atoms with E-state index in [1.54, 1.807) is 0 Å². The molecule has 0 atom stereocenters. The zero-order valence-electron chi connectivity index (χ0n) is 10.0. The first kappa shape index (κ1) is 14.8. The van der Waals surface area contributed by atoms with E-state index in [1.165, 1.54) is 31.5 Å². The van der Waals surface area contributed by atoms with Crippen molar-refractivity contribution in [3.05, 3.63) is 34.7 Å². The molecular formula is C10H8Cl2N4O3S. The molecule has 0 unspecified atom stereocenters. The molecule has 0 aliphatic heterocycles. The minimum absolute atomic E-state index is 0.0341. The average Bonchev–Trinajstić information content (AvgIpc) is 2.37. The molecule has 106 valence electrons. The Hall–Kier alpha value is -1.64. The van der Waals surface area contributed by atoms with E-state index in [2.05, 4.69) is 19.7 Å². The number of hydrogen-bond acceptors (Lipinski definition) is 6. The molecule has 0 aliphatic carbocycles. The van der Waals surface area contributed by atoms with E-state index in [0.717, 1.165) is 0 Å². The molecule has 2 aromatic rings. The van der Waals surface area contributed by atoms with E-state index in [0.29, 0.717) is 0 Å². The minimum atomic E-state index is -3.97. The summed E-state index contributed by atoms with van der Waals surface area (Å²) in [6, 6.07) is 4.09. The highest BCUT2D eigenvalue weighted by atomic mass is 35.5. The molecule has 0 saturated heterocycles. The van der Waals surface area contributed by atoms with Crippen LogP contribution < -0.4 is 9.46 Å². The molecule has 1 N–H and O–H groups in total. The van der Waals surface area contributed by atoms with E-state index in [1.807, 2.05) is 0 Å². The first-order chi connectivity index (χ1) is 9.42. The third kappa shape index (κ3) is 3.27. The second-order valence-electron chi connectivity index (χ2n) is 3.45. The van der Waals surface area contributed by atoms with Crippen molar-refractivity contribution >= 4 is 39.2 Å². The summed E-state index contributed by atoms with van der Waals surface area (Å²) >= 11 is 11.5. The predicted octanol–water partition coefficient (Wildman–Crippen LogP) is 1.99. The first-order valence-corrected chi connectivity index (χ1v) is 7.38. The Morgan fingerprint density at radius 2 is 2.05 bits per heavy atom. The fourth-order valence-corrected chi connectivity index (χ4v) is 2.87. The fourth-order valence-electron chi connectivity index (χ4n) is 1.29. The molecule has 0 aromatic carbocycles. The maximum absolute atomic E-state index is 12.1. The molecule has 0 bridgehead atoms. The van der Waals surface area contributed by atoms with Crippen molar-refractivity contribution in [2.45, 2.75) is 4.90 Å². The van der Waals surface area contributed by atoms with Gasteiger partial charge in [-0.15, -0.1) is 0 Å². The second-order valence-corrected chi connectivity index (χ2v) is 5.85. The number of halogens is 2. The molecule has 2 heterocycles. The van der Waals surface area contributed by atoms with Crippen molar-refractivity contribution in [2.75, 3.05) is 11.8 Å². The van der Waals surface area contributed by atoms with Crippen molar-refractivity contribution in [1.82, 2.24) is 15.0 Å². The van der Waals surface area contributed by atoms with Crippen molar-refractivity contribution in [3.63, 3.8) is 0 Å². The Bertz CT molecular complexity index is 739. The maximum atomic E-state index is 12.1. The minimum Gasteiger partial charge on any atom is -0.481 e. The van der Waals surface area contributed by atoms with Gasteiger partial charge in [0.2, 0.25) is 11.8 Å². The highest BCUT2D eigenvalue weighted by molar-refractivity contribution is 7.92. The third-order valence-corrected chi connectivity index (χ3v) is 4.09. The Labute approximate surface area is 125 Å². The van der Waals surface area contributed by atoms with Crippen LogP contribution >= 0.6 is 23.2 Å². The monoisotopic (exact) mass is 334 g/mol. The van der Waals surface area contributed by atoms with E-state index in [9.17, 15) is 8.42 Å². The summed E-state index contributed by atoms with van der Waals surface area (Å²) in [6.45, 7) is 0. The van der Waals surface area contributed by atoms with E-state index in [-0.39, 0.29) is 27.0 Å². The van der Waals surface area contributed by atoms with Crippen LogP contribution in [0.3, 0.4) is 0 Å². The third-order valence-electron chi connectivity index (χ3n) is 2.12. The van der Waals surface area contributed by atoms with E-state index in [4.69, 9.17) is 27.9 Å². The number of nitrogens with zero attached hydrogens (tertiary/aromatic N) is 3. The van der Waals surface area contributed by atoms with Crippen LogP contribution in [0.5, 0.6) is 5.88 Å². The molecule has 0 radical (unpaired) electrons. The molecule has 2 rings (SSSR count). The van der Waals surface area contributed by atoms with Gasteiger partial charge in [-0.25, -0.2) is 23.1 Å². The first-order valence-electron chi connectivity index (χ1n) is 5.14. The van der Waals surface area contributed by atoms with Crippen LogP contribution in [0.2, 0.25) is 10.3 Å². The maximum Gasteiger partial charge on any atom is 0.267 e. The van der Waals surface area contributed by atoms with E-state index >= 15 is 0 Å². The molecule has 7 nitrogen and oxygen atoms in total. The van der Waals surface area contributed by atoms with Gasteiger partial charge in [-0.2, -0.15) is 4.98 Å². The molecule has 0 amide bonds. The van der Waals surface area contributed by atoms with Crippen molar-refractivity contribution < 1.29 is 13.2 Å². The van der Waals surface area contributed by atoms with Crippen LogP contribution in [-0.4, -0.2) is 30.5 Å². The van der Waals surface area contributed by atoms with Crippen LogP contribution in [0.1, 0.15) is 0 Å². The molecule has 0 aliphatic rings. The van der Waals surface area contributed by atoms with Gasteiger partial charge in [-0.1, -0.05) is 23.2 Å². The number of nitrogens with one attached hydrogen (secondary N) is 1. The largest absolute Gasteiger partial charge is 0.481 e.